The number of halogens is 1. The van der Waals surface area contributed by atoms with Crippen LogP contribution in [-0.4, -0.2) is 25.1 Å². The van der Waals surface area contributed by atoms with Gasteiger partial charge in [-0.1, -0.05) is 22.9 Å². The molecule has 19 heavy (non-hydrogen) atoms. The third kappa shape index (κ3) is 2.32. The van der Waals surface area contributed by atoms with Gasteiger partial charge in [0.2, 0.25) is 0 Å². The van der Waals surface area contributed by atoms with Gasteiger partial charge in [0.15, 0.2) is 5.78 Å². The van der Waals surface area contributed by atoms with Crippen LogP contribution in [0.5, 0.6) is 5.75 Å². The molecule has 2 unspecified atom stereocenters. The average Bonchev–Trinajstić information content (AvgIpc) is 3.04. The molecule has 1 aromatic carbocycles. The molecule has 0 N–H and O–H groups in total. The maximum atomic E-state index is 12.7. The Hall–Kier alpha value is -0.870. The number of carbonyl (C=O) groups is 1. The molecule has 2 heterocycles. The predicted octanol–water partition coefficient (Wildman–Crippen LogP) is 3.38. The number of Topliss-reactive ketones (excluding diaryl/α,β-unsaturated/α-hetero) is 1. The van der Waals surface area contributed by atoms with Gasteiger partial charge in [0.05, 0.1) is 24.2 Å². The smallest absolute Gasteiger partial charge is 0.172 e. The van der Waals surface area contributed by atoms with Crippen molar-refractivity contribution in [3.8, 4) is 5.75 Å². The van der Waals surface area contributed by atoms with Gasteiger partial charge >= 0.3 is 0 Å². The minimum atomic E-state index is -0.0207. The van der Waals surface area contributed by atoms with E-state index in [-0.39, 0.29) is 17.8 Å². The largest absolute Gasteiger partial charge is 0.492 e. The molecule has 1 saturated heterocycles. The van der Waals surface area contributed by atoms with Crippen LogP contribution in [0.3, 0.4) is 0 Å². The van der Waals surface area contributed by atoms with Crippen molar-refractivity contribution in [3.05, 3.63) is 27.7 Å². The zero-order valence-corrected chi connectivity index (χ0v) is 12.5. The van der Waals surface area contributed by atoms with Gasteiger partial charge in [0, 0.05) is 17.5 Å². The van der Waals surface area contributed by atoms with Crippen LogP contribution in [0.15, 0.2) is 16.6 Å². The fourth-order valence-electron chi connectivity index (χ4n) is 3.00. The summed E-state index contributed by atoms with van der Waals surface area (Å²) < 4.78 is 12.2. The molecular formula is C15H17BrO3. The molecule has 2 aliphatic rings. The van der Waals surface area contributed by atoms with Crippen molar-refractivity contribution in [2.24, 2.45) is 5.92 Å². The topological polar surface area (TPSA) is 35.5 Å². The van der Waals surface area contributed by atoms with Crippen LogP contribution < -0.4 is 4.74 Å². The van der Waals surface area contributed by atoms with Crippen LogP contribution in [0.1, 0.15) is 35.7 Å². The second-order valence-corrected chi connectivity index (χ2v) is 6.03. The third-order valence-electron chi connectivity index (χ3n) is 3.96. The van der Waals surface area contributed by atoms with Crippen LogP contribution in [0.25, 0.3) is 0 Å². The molecule has 3 rings (SSSR count). The zero-order valence-electron chi connectivity index (χ0n) is 10.9. The zero-order chi connectivity index (χ0) is 13.4. The standard InChI is InChI=1S/C15H17BrO3/c1-2-13-11(4-6-18-13)14(17)12-8-10(16)7-9-3-5-19-15(9)12/h7-8,11,13H,2-6H2,1H3. The van der Waals surface area contributed by atoms with E-state index in [0.29, 0.717) is 13.2 Å². The highest BCUT2D eigenvalue weighted by Gasteiger charge is 2.35. The summed E-state index contributed by atoms with van der Waals surface area (Å²) in [4.78, 5) is 12.7. The molecule has 4 heteroatoms. The summed E-state index contributed by atoms with van der Waals surface area (Å²) in [5, 5.41) is 0. The molecule has 2 aliphatic heterocycles. The Kier molecular flexibility index (Phi) is 3.63. The highest BCUT2D eigenvalue weighted by atomic mass is 79.9. The van der Waals surface area contributed by atoms with Crippen molar-refractivity contribution in [1.82, 2.24) is 0 Å². The van der Waals surface area contributed by atoms with E-state index in [9.17, 15) is 4.79 Å². The molecule has 102 valence electrons. The van der Waals surface area contributed by atoms with Gasteiger partial charge in [0.25, 0.3) is 0 Å². The minimum Gasteiger partial charge on any atom is -0.492 e. The van der Waals surface area contributed by atoms with E-state index in [0.717, 1.165) is 40.6 Å². The van der Waals surface area contributed by atoms with Crippen molar-refractivity contribution in [3.63, 3.8) is 0 Å². The van der Waals surface area contributed by atoms with Gasteiger partial charge in [-0.15, -0.1) is 0 Å². The lowest BCUT2D eigenvalue weighted by molar-refractivity contribution is 0.0687. The molecule has 1 aromatic rings. The number of ketones is 1. The van der Waals surface area contributed by atoms with Crippen molar-refractivity contribution in [1.29, 1.82) is 0 Å². The molecule has 0 aromatic heterocycles. The van der Waals surface area contributed by atoms with Crippen LogP contribution in [0.2, 0.25) is 0 Å². The molecule has 1 fully saturated rings. The molecule has 3 nitrogen and oxygen atoms in total. The second kappa shape index (κ2) is 5.25. The van der Waals surface area contributed by atoms with Crippen molar-refractivity contribution < 1.29 is 14.3 Å². The summed E-state index contributed by atoms with van der Waals surface area (Å²) in [6.45, 7) is 3.43. The maximum absolute atomic E-state index is 12.7. The van der Waals surface area contributed by atoms with Gasteiger partial charge in [0.1, 0.15) is 5.75 Å². The fraction of sp³-hybridized carbons (Fsp3) is 0.533. The lowest BCUT2D eigenvalue weighted by atomic mass is 9.89. The normalized spacial score (nSPS) is 25.2. The minimum absolute atomic E-state index is 0.0207. The van der Waals surface area contributed by atoms with E-state index in [1.807, 2.05) is 12.1 Å². The number of ether oxygens (including phenoxy) is 2. The molecule has 0 amide bonds. The van der Waals surface area contributed by atoms with Crippen LogP contribution >= 0.6 is 15.9 Å². The Balaban J connectivity index is 1.96. The van der Waals surface area contributed by atoms with Crippen LogP contribution in [0.4, 0.5) is 0 Å². The monoisotopic (exact) mass is 324 g/mol. The van der Waals surface area contributed by atoms with Gasteiger partial charge in [-0.05, 0) is 30.5 Å². The molecule has 0 radical (unpaired) electrons. The summed E-state index contributed by atoms with van der Waals surface area (Å²) in [7, 11) is 0. The Bertz CT molecular complexity index is 512. The summed E-state index contributed by atoms with van der Waals surface area (Å²) >= 11 is 3.49. The van der Waals surface area contributed by atoms with E-state index in [1.54, 1.807) is 0 Å². The first-order valence-electron chi connectivity index (χ1n) is 6.81. The third-order valence-corrected chi connectivity index (χ3v) is 4.42. The number of rotatable bonds is 3. The Labute approximate surface area is 121 Å². The number of hydrogen-bond donors (Lipinski definition) is 0. The first-order valence-corrected chi connectivity index (χ1v) is 7.61. The lowest BCUT2D eigenvalue weighted by Gasteiger charge is -2.17. The van der Waals surface area contributed by atoms with Gasteiger partial charge < -0.3 is 9.47 Å². The second-order valence-electron chi connectivity index (χ2n) is 5.12. The number of carbonyl (C=O) groups excluding carboxylic acids is 1. The van der Waals surface area contributed by atoms with E-state index in [2.05, 4.69) is 22.9 Å². The SMILES string of the molecule is CCC1OCCC1C(=O)c1cc(Br)cc2c1OCC2. The summed E-state index contributed by atoms with van der Waals surface area (Å²) in [5.74, 6) is 0.936. The Morgan fingerprint density at radius 2 is 2.26 bits per heavy atom. The molecule has 0 spiro atoms. The molecular weight excluding hydrogens is 308 g/mol. The summed E-state index contributed by atoms with van der Waals surface area (Å²) in [6.07, 6.45) is 2.64. The van der Waals surface area contributed by atoms with Crippen LogP contribution in [-0.2, 0) is 11.2 Å². The molecule has 0 bridgehead atoms. The number of fused-ring (bicyclic) bond motifs is 1. The molecule has 0 saturated carbocycles. The van der Waals surface area contributed by atoms with E-state index in [4.69, 9.17) is 9.47 Å². The molecule has 2 atom stereocenters. The Morgan fingerprint density at radius 1 is 1.42 bits per heavy atom. The van der Waals surface area contributed by atoms with Crippen LogP contribution in [0, 0.1) is 5.92 Å². The maximum Gasteiger partial charge on any atom is 0.172 e. The van der Waals surface area contributed by atoms with E-state index in [1.165, 1.54) is 0 Å². The number of hydrogen-bond acceptors (Lipinski definition) is 3. The quantitative estimate of drug-likeness (QED) is 0.799. The Morgan fingerprint density at radius 3 is 3.05 bits per heavy atom. The van der Waals surface area contributed by atoms with Gasteiger partial charge in [-0.3, -0.25) is 4.79 Å². The molecule has 0 aliphatic carbocycles. The van der Waals surface area contributed by atoms with Crippen molar-refractivity contribution in [2.45, 2.75) is 32.3 Å². The first-order chi connectivity index (χ1) is 9.20. The van der Waals surface area contributed by atoms with Crippen molar-refractivity contribution in [2.75, 3.05) is 13.2 Å². The van der Waals surface area contributed by atoms with Crippen molar-refractivity contribution >= 4 is 21.7 Å². The first kappa shape index (κ1) is 13.1. The number of benzene rings is 1. The predicted molar refractivity (Wildman–Crippen MR) is 75.8 cm³/mol. The fourth-order valence-corrected chi connectivity index (χ4v) is 3.51. The highest BCUT2D eigenvalue weighted by molar-refractivity contribution is 9.10. The lowest BCUT2D eigenvalue weighted by Crippen LogP contribution is -2.24. The summed E-state index contributed by atoms with van der Waals surface area (Å²) in [5.41, 5.74) is 1.85. The van der Waals surface area contributed by atoms with E-state index < -0.39 is 0 Å². The summed E-state index contributed by atoms with van der Waals surface area (Å²) in [6, 6.07) is 3.93. The highest BCUT2D eigenvalue weighted by Crippen LogP contribution is 2.37. The van der Waals surface area contributed by atoms with Gasteiger partial charge in [-0.25, -0.2) is 0 Å². The van der Waals surface area contributed by atoms with Gasteiger partial charge in [-0.2, -0.15) is 0 Å². The van der Waals surface area contributed by atoms with E-state index >= 15 is 0 Å². The average molecular weight is 325 g/mol.